The van der Waals surface area contributed by atoms with Crippen molar-refractivity contribution in [2.24, 2.45) is 5.92 Å². The molecule has 0 aromatic heterocycles. The van der Waals surface area contributed by atoms with Crippen LogP contribution in [0.25, 0.3) is 0 Å². The van der Waals surface area contributed by atoms with Crippen LogP contribution in [0, 0.1) is 5.92 Å². The van der Waals surface area contributed by atoms with Crippen molar-refractivity contribution in [1.29, 1.82) is 0 Å². The predicted octanol–water partition coefficient (Wildman–Crippen LogP) is 3.36. The van der Waals surface area contributed by atoms with Gasteiger partial charge in [-0.25, -0.2) is 0 Å². The molecule has 2 nitrogen and oxygen atoms in total. The summed E-state index contributed by atoms with van der Waals surface area (Å²) in [5.41, 5.74) is 0.193. The lowest BCUT2D eigenvalue weighted by Crippen LogP contribution is -2.41. The van der Waals surface area contributed by atoms with E-state index in [2.05, 4.69) is 39.9 Å². The second kappa shape index (κ2) is 6.02. The molecule has 1 aliphatic carbocycles. The average Bonchev–Trinajstić information content (AvgIpc) is 2.18. The number of ether oxygens (including phenoxy) is 1. The van der Waals surface area contributed by atoms with Crippen LogP contribution >= 0.6 is 0 Å². The molecule has 0 aromatic carbocycles. The van der Waals surface area contributed by atoms with Crippen molar-refractivity contribution < 1.29 is 4.74 Å². The third kappa shape index (κ3) is 5.86. The predicted molar refractivity (Wildman–Crippen MR) is 69.7 cm³/mol. The van der Waals surface area contributed by atoms with E-state index in [1.165, 1.54) is 25.7 Å². The first-order valence-corrected chi connectivity index (χ1v) is 6.77. The van der Waals surface area contributed by atoms with E-state index >= 15 is 0 Å². The molecule has 2 heteroatoms. The summed E-state index contributed by atoms with van der Waals surface area (Å²) in [4.78, 5) is 0. The summed E-state index contributed by atoms with van der Waals surface area (Å²) >= 11 is 0. The van der Waals surface area contributed by atoms with Crippen LogP contribution in [0.1, 0.15) is 60.3 Å². The summed E-state index contributed by atoms with van der Waals surface area (Å²) < 4.78 is 6.07. The number of hydrogen-bond acceptors (Lipinski definition) is 2. The molecule has 0 spiro atoms. The van der Waals surface area contributed by atoms with E-state index in [4.69, 9.17) is 4.74 Å². The summed E-state index contributed by atoms with van der Waals surface area (Å²) in [6.07, 6.45) is 6.02. The molecule has 1 rings (SSSR count). The first-order chi connectivity index (χ1) is 7.37. The summed E-state index contributed by atoms with van der Waals surface area (Å²) in [5.74, 6) is 0.905. The van der Waals surface area contributed by atoms with Crippen molar-refractivity contribution in [3.8, 4) is 0 Å². The molecule has 1 aliphatic rings. The highest BCUT2D eigenvalue weighted by Gasteiger charge is 2.21. The zero-order chi connectivity index (χ0) is 12.2. The molecule has 1 fully saturated rings. The molecule has 0 saturated heterocycles. The SMILES string of the molecule is CC1CCC(OC(C)CNC(C)(C)C)CC1. The summed E-state index contributed by atoms with van der Waals surface area (Å²) in [5, 5.41) is 3.49. The Balaban J connectivity index is 2.16. The lowest BCUT2D eigenvalue weighted by atomic mass is 9.89. The van der Waals surface area contributed by atoms with Gasteiger partial charge < -0.3 is 10.1 Å². The summed E-state index contributed by atoms with van der Waals surface area (Å²) in [7, 11) is 0. The van der Waals surface area contributed by atoms with Crippen LogP contribution in [-0.2, 0) is 4.74 Å². The Morgan fingerprint density at radius 3 is 2.25 bits per heavy atom. The Bertz CT molecular complexity index is 189. The van der Waals surface area contributed by atoms with Gasteiger partial charge in [-0.3, -0.25) is 0 Å². The molecule has 96 valence electrons. The molecule has 1 N–H and O–H groups in total. The molecule has 16 heavy (non-hydrogen) atoms. The summed E-state index contributed by atoms with van der Waals surface area (Å²) in [6.45, 7) is 12.1. The van der Waals surface area contributed by atoms with Crippen LogP contribution in [0.3, 0.4) is 0 Å². The normalized spacial score (nSPS) is 29.1. The van der Waals surface area contributed by atoms with Gasteiger partial charge in [-0.15, -0.1) is 0 Å². The van der Waals surface area contributed by atoms with Crippen LogP contribution in [-0.4, -0.2) is 24.3 Å². The maximum atomic E-state index is 6.07. The van der Waals surface area contributed by atoms with Gasteiger partial charge in [-0.2, -0.15) is 0 Å². The van der Waals surface area contributed by atoms with E-state index < -0.39 is 0 Å². The van der Waals surface area contributed by atoms with Crippen LogP contribution < -0.4 is 5.32 Å². The van der Waals surface area contributed by atoms with E-state index in [1.807, 2.05) is 0 Å². The Hall–Kier alpha value is -0.0800. The maximum Gasteiger partial charge on any atom is 0.0675 e. The van der Waals surface area contributed by atoms with E-state index in [-0.39, 0.29) is 5.54 Å². The van der Waals surface area contributed by atoms with Gasteiger partial charge in [0.25, 0.3) is 0 Å². The van der Waals surface area contributed by atoms with Gasteiger partial charge >= 0.3 is 0 Å². The van der Waals surface area contributed by atoms with Crippen LogP contribution in [0.5, 0.6) is 0 Å². The van der Waals surface area contributed by atoms with Crippen LogP contribution in [0.2, 0.25) is 0 Å². The van der Waals surface area contributed by atoms with Crippen molar-refractivity contribution in [3.05, 3.63) is 0 Å². The topological polar surface area (TPSA) is 21.3 Å². The van der Waals surface area contributed by atoms with Crippen molar-refractivity contribution in [1.82, 2.24) is 5.32 Å². The largest absolute Gasteiger partial charge is 0.374 e. The Morgan fingerprint density at radius 2 is 1.75 bits per heavy atom. The number of nitrogens with one attached hydrogen (secondary N) is 1. The minimum atomic E-state index is 0.193. The van der Waals surface area contributed by atoms with E-state index in [9.17, 15) is 0 Å². The quantitative estimate of drug-likeness (QED) is 0.795. The van der Waals surface area contributed by atoms with E-state index in [0.29, 0.717) is 12.2 Å². The molecule has 0 bridgehead atoms. The molecular weight excluding hydrogens is 198 g/mol. The molecule has 0 heterocycles. The van der Waals surface area contributed by atoms with Gasteiger partial charge in [0.2, 0.25) is 0 Å². The maximum absolute atomic E-state index is 6.07. The minimum absolute atomic E-state index is 0.193. The fraction of sp³-hybridized carbons (Fsp3) is 1.00. The zero-order valence-electron chi connectivity index (χ0n) is 11.7. The molecule has 0 radical (unpaired) electrons. The van der Waals surface area contributed by atoms with Crippen LogP contribution in [0.15, 0.2) is 0 Å². The van der Waals surface area contributed by atoms with E-state index in [0.717, 1.165) is 12.5 Å². The highest BCUT2D eigenvalue weighted by molar-refractivity contribution is 4.74. The number of rotatable bonds is 4. The van der Waals surface area contributed by atoms with Gasteiger partial charge in [0.05, 0.1) is 12.2 Å². The Morgan fingerprint density at radius 1 is 1.19 bits per heavy atom. The lowest BCUT2D eigenvalue weighted by molar-refractivity contribution is -0.0278. The smallest absolute Gasteiger partial charge is 0.0675 e. The highest BCUT2D eigenvalue weighted by atomic mass is 16.5. The standard InChI is InChI=1S/C14H29NO/c1-11-6-8-13(9-7-11)16-12(2)10-15-14(3,4)5/h11-13,15H,6-10H2,1-5H3. The van der Waals surface area contributed by atoms with Crippen molar-refractivity contribution in [3.63, 3.8) is 0 Å². The van der Waals surface area contributed by atoms with Gasteiger partial charge in [0, 0.05) is 12.1 Å². The monoisotopic (exact) mass is 227 g/mol. The molecular formula is C14H29NO. The molecule has 0 aromatic rings. The first-order valence-electron chi connectivity index (χ1n) is 6.77. The number of hydrogen-bond donors (Lipinski definition) is 1. The van der Waals surface area contributed by atoms with Crippen LogP contribution in [0.4, 0.5) is 0 Å². The fourth-order valence-corrected chi connectivity index (χ4v) is 2.19. The molecule has 0 aliphatic heterocycles. The van der Waals surface area contributed by atoms with Crippen molar-refractivity contribution in [2.45, 2.75) is 78.0 Å². The molecule has 1 unspecified atom stereocenters. The second-order valence-electron chi connectivity index (χ2n) is 6.46. The van der Waals surface area contributed by atoms with E-state index in [1.54, 1.807) is 0 Å². The molecule has 1 atom stereocenters. The van der Waals surface area contributed by atoms with Gasteiger partial charge in [-0.05, 0) is 59.3 Å². The minimum Gasteiger partial charge on any atom is -0.374 e. The molecule has 0 amide bonds. The zero-order valence-corrected chi connectivity index (χ0v) is 11.7. The lowest BCUT2D eigenvalue weighted by Gasteiger charge is -2.30. The third-order valence-corrected chi connectivity index (χ3v) is 3.31. The average molecular weight is 227 g/mol. The highest BCUT2D eigenvalue weighted by Crippen LogP contribution is 2.26. The second-order valence-corrected chi connectivity index (χ2v) is 6.46. The molecule has 1 saturated carbocycles. The van der Waals surface area contributed by atoms with Crippen molar-refractivity contribution >= 4 is 0 Å². The Labute approximate surface area is 101 Å². The Kier molecular flexibility index (Phi) is 5.26. The summed E-state index contributed by atoms with van der Waals surface area (Å²) in [6, 6.07) is 0. The fourth-order valence-electron chi connectivity index (χ4n) is 2.19. The van der Waals surface area contributed by atoms with Crippen molar-refractivity contribution in [2.75, 3.05) is 6.54 Å². The third-order valence-electron chi connectivity index (χ3n) is 3.31. The van der Waals surface area contributed by atoms with Gasteiger partial charge in [0.1, 0.15) is 0 Å². The first kappa shape index (κ1) is 14.0. The van der Waals surface area contributed by atoms with Gasteiger partial charge in [0.15, 0.2) is 0 Å². The van der Waals surface area contributed by atoms with Gasteiger partial charge in [-0.1, -0.05) is 6.92 Å².